The van der Waals surface area contributed by atoms with Gasteiger partial charge in [0.15, 0.2) is 0 Å². The predicted octanol–water partition coefficient (Wildman–Crippen LogP) is -0.511. The van der Waals surface area contributed by atoms with Gasteiger partial charge in [0, 0.05) is 17.8 Å². The zero-order valence-electron chi connectivity index (χ0n) is 8.06. The Morgan fingerprint density at radius 1 is 1.27 bits per heavy atom. The van der Waals surface area contributed by atoms with Crippen molar-refractivity contribution in [2.45, 2.75) is 6.42 Å². The second-order valence-electron chi connectivity index (χ2n) is 3.26. The maximum Gasteiger partial charge on any atom is 0.260 e. The van der Waals surface area contributed by atoms with Crippen molar-refractivity contribution in [1.29, 1.82) is 0 Å². The van der Waals surface area contributed by atoms with Crippen molar-refractivity contribution < 1.29 is 0 Å². The van der Waals surface area contributed by atoms with Crippen LogP contribution in [0.5, 0.6) is 0 Å². The number of nitrogens with two attached hydrogens (primary N) is 1. The molecule has 0 aliphatic heterocycles. The van der Waals surface area contributed by atoms with E-state index < -0.39 is 0 Å². The Hall–Kier alpha value is -1.88. The quantitative estimate of drug-likeness (QED) is 0.692. The first-order valence-electron chi connectivity index (χ1n) is 4.66. The maximum atomic E-state index is 11.6. The Balaban J connectivity index is 2.79. The third-order valence-electron chi connectivity index (χ3n) is 2.17. The highest BCUT2D eigenvalue weighted by Gasteiger charge is 2.01. The average molecular weight is 205 g/mol. The van der Waals surface area contributed by atoms with E-state index >= 15 is 0 Å². The van der Waals surface area contributed by atoms with Crippen LogP contribution in [0.15, 0.2) is 33.9 Å². The number of fused-ring (bicyclic) bond motifs is 1. The maximum absolute atomic E-state index is 11.6. The number of hydrogen-bond donors (Lipinski definition) is 2. The minimum Gasteiger partial charge on any atom is -0.344 e. The molecule has 15 heavy (non-hydrogen) atoms. The molecule has 0 radical (unpaired) electrons. The van der Waals surface area contributed by atoms with E-state index in [1.165, 1.54) is 12.1 Å². The first-order chi connectivity index (χ1) is 7.22. The number of aromatic amines is 1. The highest BCUT2D eigenvalue weighted by molar-refractivity contribution is 5.38. The number of nitrogens with zero attached hydrogens (tertiary/aromatic N) is 1. The Kier molecular flexibility index (Phi) is 2.39. The van der Waals surface area contributed by atoms with E-state index in [4.69, 9.17) is 5.73 Å². The van der Waals surface area contributed by atoms with Gasteiger partial charge in [-0.2, -0.15) is 0 Å². The summed E-state index contributed by atoms with van der Waals surface area (Å²) in [5.74, 6) is 0. The molecule has 5 nitrogen and oxygen atoms in total. The zero-order chi connectivity index (χ0) is 10.8. The standard InChI is InChI=1S/C10H11N3O2/c11-5-4-7-6-10(15)13-8(12-7)2-1-3-9(13)14/h1-3,6,12H,4-5,11H2. The van der Waals surface area contributed by atoms with Crippen LogP contribution in [0.3, 0.4) is 0 Å². The third kappa shape index (κ3) is 1.69. The minimum absolute atomic E-state index is 0.321. The molecule has 2 aromatic heterocycles. The van der Waals surface area contributed by atoms with E-state index in [0.29, 0.717) is 18.6 Å². The van der Waals surface area contributed by atoms with Crippen molar-refractivity contribution in [2.24, 2.45) is 5.73 Å². The van der Waals surface area contributed by atoms with Gasteiger partial charge >= 0.3 is 0 Å². The molecule has 0 unspecified atom stereocenters. The molecule has 2 rings (SSSR count). The van der Waals surface area contributed by atoms with Gasteiger partial charge in [-0.15, -0.1) is 0 Å². The molecule has 0 amide bonds. The van der Waals surface area contributed by atoms with Crippen molar-refractivity contribution in [3.8, 4) is 0 Å². The topological polar surface area (TPSA) is 80.4 Å². The average Bonchev–Trinajstić information content (AvgIpc) is 2.17. The van der Waals surface area contributed by atoms with Gasteiger partial charge in [-0.1, -0.05) is 6.07 Å². The fraction of sp³-hybridized carbons (Fsp3) is 0.200. The van der Waals surface area contributed by atoms with Gasteiger partial charge in [0.2, 0.25) is 0 Å². The van der Waals surface area contributed by atoms with E-state index in [1.54, 1.807) is 12.1 Å². The van der Waals surface area contributed by atoms with E-state index in [2.05, 4.69) is 4.98 Å². The first kappa shape index (κ1) is 9.67. The Bertz CT molecular complexity index is 597. The van der Waals surface area contributed by atoms with Gasteiger partial charge < -0.3 is 10.7 Å². The van der Waals surface area contributed by atoms with Crippen molar-refractivity contribution in [3.63, 3.8) is 0 Å². The molecule has 3 N–H and O–H groups in total. The minimum atomic E-state index is -0.326. The molecule has 0 aliphatic rings. The van der Waals surface area contributed by atoms with Crippen LogP contribution < -0.4 is 16.9 Å². The Morgan fingerprint density at radius 2 is 2.07 bits per heavy atom. The van der Waals surface area contributed by atoms with Crippen LogP contribution in [0.25, 0.3) is 5.65 Å². The molecule has 0 aliphatic carbocycles. The molecule has 0 saturated carbocycles. The molecule has 2 aromatic rings. The largest absolute Gasteiger partial charge is 0.344 e. The van der Waals surface area contributed by atoms with Gasteiger partial charge in [0.1, 0.15) is 5.65 Å². The summed E-state index contributed by atoms with van der Waals surface area (Å²) in [4.78, 5) is 26.0. The second-order valence-corrected chi connectivity index (χ2v) is 3.26. The van der Waals surface area contributed by atoms with Crippen LogP contribution in [0.1, 0.15) is 5.69 Å². The number of rotatable bonds is 2. The van der Waals surface area contributed by atoms with E-state index in [0.717, 1.165) is 10.1 Å². The van der Waals surface area contributed by atoms with E-state index in [-0.39, 0.29) is 11.1 Å². The summed E-state index contributed by atoms with van der Waals surface area (Å²) in [5.41, 5.74) is 5.99. The number of pyridine rings is 1. The van der Waals surface area contributed by atoms with Crippen LogP contribution in [0.2, 0.25) is 0 Å². The SMILES string of the molecule is NCCc1cc(=O)n2c(=O)cccc2[nH]1. The molecule has 5 heteroatoms. The predicted molar refractivity (Wildman–Crippen MR) is 57.0 cm³/mol. The molecule has 0 spiro atoms. The molecule has 0 saturated heterocycles. The highest BCUT2D eigenvalue weighted by atomic mass is 16.2. The molecule has 0 bridgehead atoms. The third-order valence-corrected chi connectivity index (χ3v) is 2.17. The lowest BCUT2D eigenvalue weighted by atomic mass is 10.3. The smallest absolute Gasteiger partial charge is 0.260 e. The van der Waals surface area contributed by atoms with Crippen molar-refractivity contribution in [1.82, 2.24) is 9.38 Å². The molecular weight excluding hydrogens is 194 g/mol. The summed E-state index contributed by atoms with van der Waals surface area (Å²) >= 11 is 0. The summed E-state index contributed by atoms with van der Waals surface area (Å²) in [7, 11) is 0. The molecule has 78 valence electrons. The summed E-state index contributed by atoms with van der Waals surface area (Å²) in [6, 6.07) is 6.05. The Labute approximate surface area is 85.2 Å². The normalized spacial score (nSPS) is 10.7. The molecule has 2 heterocycles. The lowest BCUT2D eigenvalue weighted by Crippen LogP contribution is -2.27. The van der Waals surface area contributed by atoms with Gasteiger partial charge in [-0.05, 0) is 19.0 Å². The van der Waals surface area contributed by atoms with Crippen molar-refractivity contribution >= 4 is 5.65 Å². The van der Waals surface area contributed by atoms with Gasteiger partial charge in [0.25, 0.3) is 11.1 Å². The van der Waals surface area contributed by atoms with Crippen LogP contribution in [-0.4, -0.2) is 15.9 Å². The fourth-order valence-corrected chi connectivity index (χ4v) is 1.52. The highest BCUT2D eigenvalue weighted by Crippen LogP contribution is 1.95. The number of H-pyrrole nitrogens is 1. The zero-order valence-corrected chi connectivity index (χ0v) is 8.06. The van der Waals surface area contributed by atoms with Crippen molar-refractivity contribution in [2.75, 3.05) is 6.54 Å². The second kappa shape index (κ2) is 3.70. The summed E-state index contributed by atoms with van der Waals surface area (Å²) < 4.78 is 1.10. The summed E-state index contributed by atoms with van der Waals surface area (Å²) in [5, 5.41) is 0. The van der Waals surface area contributed by atoms with Crippen LogP contribution in [0.4, 0.5) is 0 Å². The number of nitrogens with one attached hydrogen (secondary N) is 1. The molecule has 0 aromatic carbocycles. The van der Waals surface area contributed by atoms with E-state index in [1.807, 2.05) is 0 Å². The van der Waals surface area contributed by atoms with Gasteiger partial charge in [-0.25, -0.2) is 4.40 Å². The first-order valence-corrected chi connectivity index (χ1v) is 4.66. The van der Waals surface area contributed by atoms with Crippen LogP contribution >= 0.6 is 0 Å². The van der Waals surface area contributed by atoms with Gasteiger partial charge in [-0.3, -0.25) is 9.59 Å². The lowest BCUT2D eigenvalue weighted by molar-refractivity contribution is 0.892. The van der Waals surface area contributed by atoms with Crippen LogP contribution in [0, 0.1) is 0 Å². The number of hydrogen-bond acceptors (Lipinski definition) is 3. The monoisotopic (exact) mass is 205 g/mol. The molecule has 0 atom stereocenters. The number of aromatic nitrogens is 2. The molecule has 0 fully saturated rings. The van der Waals surface area contributed by atoms with Crippen LogP contribution in [-0.2, 0) is 6.42 Å². The Morgan fingerprint density at radius 3 is 2.80 bits per heavy atom. The van der Waals surface area contributed by atoms with E-state index in [9.17, 15) is 9.59 Å². The van der Waals surface area contributed by atoms with Crippen molar-refractivity contribution in [3.05, 3.63) is 50.7 Å². The summed E-state index contributed by atoms with van der Waals surface area (Å²) in [6.45, 7) is 0.461. The fourth-order valence-electron chi connectivity index (χ4n) is 1.52. The molecular formula is C10H11N3O2. The summed E-state index contributed by atoms with van der Waals surface area (Å²) in [6.07, 6.45) is 0.592. The lowest BCUT2D eigenvalue weighted by Gasteiger charge is -2.03. The van der Waals surface area contributed by atoms with Gasteiger partial charge in [0.05, 0.1) is 0 Å².